The quantitative estimate of drug-likeness (QED) is 0.274. The van der Waals surface area contributed by atoms with Crippen molar-refractivity contribution in [3.63, 3.8) is 0 Å². The molecule has 0 bridgehead atoms. The summed E-state index contributed by atoms with van der Waals surface area (Å²) in [6.45, 7) is 2.68. The maximum Gasteiger partial charge on any atom is 0.269 e. The fraction of sp³-hybridized carbons (Fsp3) is 0.278. The number of nitrogens with zero attached hydrogens (tertiary/aromatic N) is 5. The Balaban J connectivity index is 1.31. The molecule has 0 saturated carbocycles. The largest absolute Gasteiger partial charge is 0.368 e. The summed E-state index contributed by atoms with van der Waals surface area (Å²) in [5.41, 5.74) is 1.02. The molecule has 144 valence electrons. The van der Waals surface area contributed by atoms with Gasteiger partial charge in [-0.3, -0.25) is 14.9 Å². The van der Waals surface area contributed by atoms with E-state index >= 15 is 0 Å². The van der Waals surface area contributed by atoms with Gasteiger partial charge in [-0.05, 0) is 23.6 Å². The smallest absolute Gasteiger partial charge is 0.269 e. The van der Waals surface area contributed by atoms with Crippen molar-refractivity contribution in [2.75, 3.05) is 36.8 Å². The standard InChI is InChI=1S/C18H17N5O3S2/c24-16(11-28-18-15-5-10-27-17(15)19-12-20-18)22-8-6-21(7-9-22)13-1-3-14(4-2-13)23(25)26/h1-5,10,12H,6-9,11H2. The van der Waals surface area contributed by atoms with Crippen LogP contribution in [0.15, 0.2) is 47.1 Å². The lowest BCUT2D eigenvalue weighted by molar-refractivity contribution is -0.384. The zero-order valence-corrected chi connectivity index (χ0v) is 16.5. The molecule has 1 aliphatic rings. The van der Waals surface area contributed by atoms with E-state index in [4.69, 9.17) is 0 Å². The second-order valence-electron chi connectivity index (χ2n) is 6.25. The molecule has 10 heteroatoms. The van der Waals surface area contributed by atoms with Crippen molar-refractivity contribution < 1.29 is 9.72 Å². The predicted octanol–water partition coefficient (Wildman–Crippen LogP) is 3.04. The Hall–Kier alpha value is -2.72. The number of rotatable bonds is 5. The van der Waals surface area contributed by atoms with Gasteiger partial charge in [0.15, 0.2) is 0 Å². The van der Waals surface area contributed by atoms with E-state index in [9.17, 15) is 14.9 Å². The molecule has 2 aromatic heterocycles. The summed E-state index contributed by atoms with van der Waals surface area (Å²) in [6.07, 6.45) is 1.54. The molecule has 8 nitrogen and oxygen atoms in total. The number of nitro groups is 1. The van der Waals surface area contributed by atoms with E-state index in [-0.39, 0.29) is 11.6 Å². The third-order valence-corrected chi connectivity index (χ3v) is 6.43. The molecule has 0 unspecified atom stereocenters. The number of thioether (sulfide) groups is 1. The minimum atomic E-state index is -0.403. The lowest BCUT2D eigenvalue weighted by Gasteiger charge is -2.36. The van der Waals surface area contributed by atoms with Crippen LogP contribution in [0.5, 0.6) is 0 Å². The van der Waals surface area contributed by atoms with Gasteiger partial charge in [0, 0.05) is 49.4 Å². The third-order valence-electron chi connectivity index (χ3n) is 4.62. The zero-order chi connectivity index (χ0) is 19.5. The topological polar surface area (TPSA) is 92.5 Å². The Morgan fingerprint density at radius 1 is 1.14 bits per heavy atom. The Morgan fingerprint density at radius 2 is 1.89 bits per heavy atom. The fourth-order valence-electron chi connectivity index (χ4n) is 3.10. The SMILES string of the molecule is O=C(CSc1ncnc2sccc12)N1CCN(c2ccc([N+](=O)[O-])cc2)CC1. The molecule has 0 atom stereocenters. The molecule has 1 fully saturated rings. The van der Waals surface area contributed by atoms with Gasteiger partial charge in [-0.2, -0.15) is 0 Å². The minimum absolute atomic E-state index is 0.0824. The second kappa shape index (κ2) is 8.11. The van der Waals surface area contributed by atoms with Gasteiger partial charge in [0.2, 0.25) is 5.91 Å². The summed E-state index contributed by atoms with van der Waals surface area (Å²) >= 11 is 3.01. The van der Waals surface area contributed by atoms with Crippen LogP contribution in [-0.4, -0.2) is 57.6 Å². The highest BCUT2D eigenvalue weighted by atomic mass is 32.2. The van der Waals surface area contributed by atoms with Crippen molar-refractivity contribution in [3.8, 4) is 0 Å². The molecule has 28 heavy (non-hydrogen) atoms. The van der Waals surface area contributed by atoms with Crippen LogP contribution >= 0.6 is 23.1 Å². The normalized spacial score (nSPS) is 14.4. The molecule has 1 aliphatic heterocycles. The van der Waals surface area contributed by atoms with Gasteiger partial charge in [0.25, 0.3) is 5.69 Å². The van der Waals surface area contributed by atoms with E-state index < -0.39 is 4.92 Å². The molecule has 4 rings (SSSR count). The van der Waals surface area contributed by atoms with E-state index in [1.54, 1.807) is 23.5 Å². The molecular weight excluding hydrogens is 398 g/mol. The molecular formula is C18H17N5O3S2. The van der Waals surface area contributed by atoms with Gasteiger partial charge in [-0.25, -0.2) is 9.97 Å². The Morgan fingerprint density at radius 3 is 2.61 bits per heavy atom. The first-order valence-electron chi connectivity index (χ1n) is 8.70. The van der Waals surface area contributed by atoms with E-state index in [1.807, 2.05) is 16.3 Å². The van der Waals surface area contributed by atoms with Crippen LogP contribution in [0, 0.1) is 10.1 Å². The number of amides is 1. The number of anilines is 1. The van der Waals surface area contributed by atoms with Gasteiger partial charge in [-0.15, -0.1) is 11.3 Å². The fourth-order valence-corrected chi connectivity index (χ4v) is 4.78. The van der Waals surface area contributed by atoms with Crippen molar-refractivity contribution >= 4 is 50.6 Å². The number of thiophene rings is 1. The monoisotopic (exact) mass is 415 g/mol. The van der Waals surface area contributed by atoms with Crippen molar-refractivity contribution in [3.05, 3.63) is 52.2 Å². The van der Waals surface area contributed by atoms with Crippen LogP contribution < -0.4 is 4.90 Å². The van der Waals surface area contributed by atoms with Crippen molar-refractivity contribution in [2.24, 2.45) is 0 Å². The minimum Gasteiger partial charge on any atom is -0.368 e. The summed E-state index contributed by atoms with van der Waals surface area (Å²) in [5.74, 6) is 0.440. The molecule has 0 N–H and O–H groups in total. The first-order chi connectivity index (χ1) is 13.6. The van der Waals surface area contributed by atoms with Crippen LogP contribution in [-0.2, 0) is 4.79 Å². The Kier molecular flexibility index (Phi) is 5.40. The maximum atomic E-state index is 12.6. The highest BCUT2D eigenvalue weighted by molar-refractivity contribution is 8.00. The molecule has 0 spiro atoms. The van der Waals surface area contributed by atoms with Gasteiger partial charge < -0.3 is 9.80 Å². The molecule has 3 heterocycles. The first kappa shape index (κ1) is 18.6. The van der Waals surface area contributed by atoms with Crippen LogP contribution in [0.4, 0.5) is 11.4 Å². The number of carbonyl (C=O) groups is 1. The summed E-state index contributed by atoms with van der Waals surface area (Å²) in [6, 6.07) is 8.52. The lowest BCUT2D eigenvalue weighted by atomic mass is 10.2. The van der Waals surface area contributed by atoms with Gasteiger partial charge in [0.05, 0.1) is 10.7 Å². The van der Waals surface area contributed by atoms with Crippen molar-refractivity contribution in [1.29, 1.82) is 0 Å². The number of hydrogen-bond acceptors (Lipinski definition) is 8. The van der Waals surface area contributed by atoms with E-state index in [1.165, 1.54) is 30.2 Å². The van der Waals surface area contributed by atoms with E-state index in [0.717, 1.165) is 20.9 Å². The summed E-state index contributed by atoms with van der Waals surface area (Å²) in [4.78, 5) is 36.4. The molecule has 1 aromatic carbocycles. The molecule has 1 saturated heterocycles. The van der Waals surface area contributed by atoms with Crippen molar-refractivity contribution in [1.82, 2.24) is 14.9 Å². The Bertz CT molecular complexity index is 1000. The number of fused-ring (bicyclic) bond motifs is 1. The number of benzene rings is 1. The predicted molar refractivity (Wildman–Crippen MR) is 110 cm³/mol. The highest BCUT2D eigenvalue weighted by Crippen LogP contribution is 2.28. The summed E-state index contributed by atoms with van der Waals surface area (Å²) < 4.78 is 0. The molecule has 0 aliphatic carbocycles. The Labute approximate surface area is 169 Å². The number of non-ortho nitro benzene ring substituents is 1. The highest BCUT2D eigenvalue weighted by Gasteiger charge is 2.22. The van der Waals surface area contributed by atoms with Crippen molar-refractivity contribution in [2.45, 2.75) is 5.03 Å². The van der Waals surface area contributed by atoms with Crippen LogP contribution in [0.25, 0.3) is 10.2 Å². The van der Waals surface area contributed by atoms with E-state index in [2.05, 4.69) is 14.9 Å². The average molecular weight is 416 g/mol. The van der Waals surface area contributed by atoms with Gasteiger partial charge in [-0.1, -0.05) is 11.8 Å². The van der Waals surface area contributed by atoms with Crippen LogP contribution in [0.2, 0.25) is 0 Å². The second-order valence-corrected chi connectivity index (χ2v) is 8.11. The molecule has 1 amide bonds. The van der Waals surface area contributed by atoms with Gasteiger partial charge in [0.1, 0.15) is 16.2 Å². The van der Waals surface area contributed by atoms with Gasteiger partial charge >= 0.3 is 0 Å². The number of hydrogen-bond donors (Lipinski definition) is 0. The first-order valence-corrected chi connectivity index (χ1v) is 10.6. The van der Waals surface area contributed by atoms with E-state index in [0.29, 0.717) is 31.9 Å². The number of nitro benzene ring substituents is 1. The molecule has 0 radical (unpaired) electrons. The number of carbonyl (C=O) groups excluding carboxylic acids is 1. The van der Waals surface area contributed by atoms with Crippen LogP contribution in [0.3, 0.4) is 0 Å². The summed E-state index contributed by atoms with van der Waals surface area (Å²) in [5, 5.41) is 14.6. The third kappa shape index (κ3) is 3.92. The van der Waals surface area contributed by atoms with Crippen LogP contribution in [0.1, 0.15) is 0 Å². The maximum absolute atomic E-state index is 12.6. The lowest BCUT2D eigenvalue weighted by Crippen LogP contribution is -2.49. The number of aromatic nitrogens is 2. The average Bonchev–Trinajstić information content (AvgIpc) is 3.21. The molecule has 3 aromatic rings. The number of piperazine rings is 1. The zero-order valence-electron chi connectivity index (χ0n) is 14.9. The summed E-state index contributed by atoms with van der Waals surface area (Å²) in [7, 11) is 0.